The SMILES string of the molecule is CCN(CC)S(=O)(=O)c1ccc(OC)c(NC(=O)CCc2ncc(-c3ccccc3)o2)c1. The van der Waals surface area contributed by atoms with Crippen molar-refractivity contribution in [3.63, 3.8) is 0 Å². The van der Waals surface area contributed by atoms with E-state index in [1.54, 1.807) is 20.0 Å². The van der Waals surface area contributed by atoms with Crippen LogP contribution in [0.2, 0.25) is 0 Å². The maximum Gasteiger partial charge on any atom is 0.243 e. The van der Waals surface area contributed by atoms with Crippen LogP contribution in [-0.4, -0.2) is 43.8 Å². The number of hydrogen-bond acceptors (Lipinski definition) is 6. The highest BCUT2D eigenvalue weighted by Gasteiger charge is 2.23. The van der Waals surface area contributed by atoms with Crippen molar-refractivity contribution in [3.8, 4) is 17.1 Å². The van der Waals surface area contributed by atoms with Gasteiger partial charge in [0.2, 0.25) is 15.9 Å². The molecule has 2 aromatic carbocycles. The Kier molecular flexibility index (Phi) is 7.66. The zero-order chi connectivity index (χ0) is 23.1. The molecule has 1 heterocycles. The number of nitrogens with zero attached hydrogens (tertiary/aromatic N) is 2. The molecule has 0 saturated carbocycles. The van der Waals surface area contributed by atoms with Crippen molar-refractivity contribution in [2.75, 3.05) is 25.5 Å². The lowest BCUT2D eigenvalue weighted by molar-refractivity contribution is -0.116. The van der Waals surface area contributed by atoms with E-state index in [2.05, 4.69) is 10.3 Å². The van der Waals surface area contributed by atoms with Crippen molar-refractivity contribution in [2.45, 2.75) is 31.6 Å². The first-order chi connectivity index (χ1) is 15.4. The van der Waals surface area contributed by atoms with Gasteiger partial charge in [-0.2, -0.15) is 4.31 Å². The molecule has 1 amide bonds. The number of aryl methyl sites for hydroxylation is 1. The van der Waals surface area contributed by atoms with Crippen molar-refractivity contribution >= 4 is 21.6 Å². The number of methoxy groups -OCH3 is 1. The Morgan fingerprint density at radius 3 is 2.50 bits per heavy atom. The second kappa shape index (κ2) is 10.4. The third kappa shape index (κ3) is 5.35. The topological polar surface area (TPSA) is 102 Å². The van der Waals surface area contributed by atoms with E-state index in [0.717, 1.165) is 5.56 Å². The molecule has 8 nitrogen and oxygen atoms in total. The van der Waals surface area contributed by atoms with Gasteiger partial charge in [-0.05, 0) is 18.2 Å². The summed E-state index contributed by atoms with van der Waals surface area (Å²) in [5.41, 5.74) is 1.20. The number of ether oxygens (including phenoxy) is 1. The number of nitrogens with one attached hydrogen (secondary N) is 1. The van der Waals surface area contributed by atoms with E-state index < -0.39 is 10.0 Å². The van der Waals surface area contributed by atoms with Gasteiger partial charge in [-0.15, -0.1) is 0 Å². The minimum Gasteiger partial charge on any atom is -0.495 e. The zero-order valence-electron chi connectivity index (χ0n) is 18.4. The Hall–Kier alpha value is -3.17. The molecule has 3 rings (SSSR count). The van der Waals surface area contributed by atoms with Crippen LogP contribution < -0.4 is 10.1 Å². The van der Waals surface area contributed by atoms with E-state index in [1.165, 1.54) is 29.6 Å². The average Bonchev–Trinajstić information content (AvgIpc) is 3.28. The summed E-state index contributed by atoms with van der Waals surface area (Å²) in [5, 5.41) is 2.74. The third-order valence-corrected chi connectivity index (χ3v) is 7.01. The van der Waals surface area contributed by atoms with E-state index in [0.29, 0.717) is 42.6 Å². The second-order valence-corrected chi connectivity index (χ2v) is 8.92. The van der Waals surface area contributed by atoms with Crippen molar-refractivity contribution in [3.05, 3.63) is 60.6 Å². The Bertz CT molecular complexity index is 1160. The minimum atomic E-state index is -3.66. The number of sulfonamides is 1. The number of carbonyl (C=O) groups excluding carboxylic acids is 1. The highest BCUT2D eigenvalue weighted by Crippen LogP contribution is 2.29. The molecule has 0 saturated heterocycles. The molecule has 9 heteroatoms. The van der Waals surface area contributed by atoms with Crippen LogP contribution in [-0.2, 0) is 21.2 Å². The fraction of sp³-hybridized carbons (Fsp3) is 0.304. The number of benzene rings is 2. The van der Waals surface area contributed by atoms with Gasteiger partial charge in [-0.3, -0.25) is 4.79 Å². The number of oxazole rings is 1. The van der Waals surface area contributed by atoms with Gasteiger partial charge < -0.3 is 14.5 Å². The summed E-state index contributed by atoms with van der Waals surface area (Å²) in [6.45, 7) is 4.26. The van der Waals surface area contributed by atoms with Crippen LogP contribution >= 0.6 is 0 Å². The molecule has 0 radical (unpaired) electrons. The monoisotopic (exact) mass is 457 g/mol. The van der Waals surface area contributed by atoms with E-state index in [9.17, 15) is 13.2 Å². The van der Waals surface area contributed by atoms with E-state index in [1.807, 2.05) is 30.3 Å². The smallest absolute Gasteiger partial charge is 0.243 e. The summed E-state index contributed by atoms with van der Waals surface area (Å²) in [5.74, 6) is 1.15. The molecular weight excluding hydrogens is 430 g/mol. The quantitative estimate of drug-likeness (QED) is 0.495. The van der Waals surface area contributed by atoms with Crippen molar-refractivity contribution in [1.82, 2.24) is 9.29 Å². The first-order valence-electron chi connectivity index (χ1n) is 10.4. The fourth-order valence-electron chi connectivity index (χ4n) is 3.25. The van der Waals surface area contributed by atoms with E-state index in [-0.39, 0.29) is 17.2 Å². The van der Waals surface area contributed by atoms with Gasteiger partial charge in [0.1, 0.15) is 5.75 Å². The lowest BCUT2D eigenvalue weighted by Gasteiger charge is -2.19. The van der Waals surface area contributed by atoms with Crippen LogP contribution in [0.4, 0.5) is 5.69 Å². The van der Waals surface area contributed by atoms with Gasteiger partial charge in [0.15, 0.2) is 11.7 Å². The molecule has 0 fully saturated rings. The van der Waals surface area contributed by atoms with Gasteiger partial charge in [0, 0.05) is 31.5 Å². The highest BCUT2D eigenvalue weighted by atomic mass is 32.2. The van der Waals surface area contributed by atoms with Gasteiger partial charge in [-0.25, -0.2) is 13.4 Å². The molecular formula is C23H27N3O5S. The fourth-order valence-corrected chi connectivity index (χ4v) is 4.74. The van der Waals surface area contributed by atoms with Gasteiger partial charge in [0.25, 0.3) is 0 Å². The van der Waals surface area contributed by atoms with Gasteiger partial charge in [-0.1, -0.05) is 44.2 Å². The standard InChI is InChI=1S/C23H27N3O5S/c1-4-26(5-2)32(28,29)18-11-12-20(30-3)19(15-18)25-22(27)13-14-23-24-16-21(31-23)17-9-7-6-8-10-17/h6-12,15-16H,4-5,13-14H2,1-3H3,(H,25,27). The predicted octanol–water partition coefficient (Wildman–Crippen LogP) is 3.95. The molecule has 170 valence electrons. The number of amides is 1. The van der Waals surface area contributed by atoms with Crippen molar-refractivity contribution in [1.29, 1.82) is 0 Å². The summed E-state index contributed by atoms with van der Waals surface area (Å²) >= 11 is 0. The van der Waals surface area contributed by atoms with Crippen LogP contribution in [0.25, 0.3) is 11.3 Å². The molecule has 0 aliphatic heterocycles. The normalized spacial score (nSPS) is 11.5. The highest BCUT2D eigenvalue weighted by molar-refractivity contribution is 7.89. The van der Waals surface area contributed by atoms with Crippen LogP contribution in [0.15, 0.2) is 64.0 Å². The van der Waals surface area contributed by atoms with Gasteiger partial charge in [0.05, 0.1) is 23.9 Å². The zero-order valence-corrected chi connectivity index (χ0v) is 19.2. The molecule has 0 aliphatic carbocycles. The second-order valence-electron chi connectivity index (χ2n) is 6.98. The van der Waals surface area contributed by atoms with Crippen LogP contribution in [0, 0.1) is 0 Å². The van der Waals surface area contributed by atoms with Crippen LogP contribution in [0.3, 0.4) is 0 Å². The summed E-state index contributed by atoms with van der Waals surface area (Å²) in [6, 6.07) is 14.0. The molecule has 0 unspecified atom stereocenters. The number of aromatic nitrogens is 1. The number of rotatable bonds is 10. The molecule has 1 N–H and O–H groups in total. The minimum absolute atomic E-state index is 0.0949. The molecule has 0 aliphatic rings. The maximum absolute atomic E-state index is 12.8. The maximum atomic E-state index is 12.8. The van der Waals surface area contributed by atoms with Crippen molar-refractivity contribution in [2.24, 2.45) is 0 Å². The first kappa shape index (κ1) is 23.5. The Labute approximate surface area is 188 Å². The largest absolute Gasteiger partial charge is 0.495 e. The summed E-state index contributed by atoms with van der Waals surface area (Å²) in [7, 11) is -2.20. The average molecular weight is 458 g/mol. The molecule has 32 heavy (non-hydrogen) atoms. The van der Waals surface area contributed by atoms with Crippen LogP contribution in [0.5, 0.6) is 5.75 Å². The molecule has 0 spiro atoms. The molecule has 0 bridgehead atoms. The van der Waals surface area contributed by atoms with E-state index in [4.69, 9.17) is 9.15 Å². The lowest BCUT2D eigenvalue weighted by atomic mass is 10.2. The van der Waals surface area contributed by atoms with Gasteiger partial charge >= 0.3 is 0 Å². The van der Waals surface area contributed by atoms with Crippen molar-refractivity contribution < 1.29 is 22.4 Å². The number of anilines is 1. The number of carbonyl (C=O) groups is 1. The lowest BCUT2D eigenvalue weighted by Crippen LogP contribution is -2.30. The molecule has 0 atom stereocenters. The summed E-state index contributed by atoms with van der Waals surface area (Å²) < 4.78 is 38.0. The Balaban J connectivity index is 1.70. The number of hydrogen-bond donors (Lipinski definition) is 1. The third-order valence-electron chi connectivity index (χ3n) is 4.97. The van der Waals surface area contributed by atoms with Crippen LogP contribution in [0.1, 0.15) is 26.2 Å². The van der Waals surface area contributed by atoms with E-state index >= 15 is 0 Å². The summed E-state index contributed by atoms with van der Waals surface area (Å²) in [6.07, 6.45) is 2.05. The molecule has 1 aromatic heterocycles. The first-order valence-corrected chi connectivity index (χ1v) is 11.8. The summed E-state index contributed by atoms with van der Waals surface area (Å²) in [4.78, 5) is 16.9. The predicted molar refractivity (Wildman–Crippen MR) is 122 cm³/mol. The Morgan fingerprint density at radius 2 is 1.84 bits per heavy atom. The Morgan fingerprint density at radius 1 is 1.12 bits per heavy atom. The molecule has 3 aromatic rings.